The van der Waals surface area contributed by atoms with Crippen LogP contribution < -0.4 is 10.1 Å². The van der Waals surface area contributed by atoms with Gasteiger partial charge in [-0.3, -0.25) is 4.79 Å². The van der Waals surface area contributed by atoms with Crippen molar-refractivity contribution < 1.29 is 23.5 Å². The van der Waals surface area contributed by atoms with Crippen molar-refractivity contribution in [3.63, 3.8) is 0 Å². The SMILES string of the molecule is CCOC(=O)c1cnn2c(-c3cccc(NC(=O)c4ccc(COc5ccc(CC)cc5)o4)c3)ccnc12. The largest absolute Gasteiger partial charge is 0.486 e. The Morgan fingerprint density at radius 1 is 1.03 bits per heavy atom. The first-order chi connectivity index (χ1) is 18.6. The van der Waals surface area contributed by atoms with E-state index in [9.17, 15) is 9.59 Å². The van der Waals surface area contributed by atoms with Gasteiger partial charge in [-0.05, 0) is 61.4 Å². The standard InChI is InChI=1S/C29H26N4O5/c1-3-19-8-10-22(11-9-19)37-18-23-12-13-26(38-23)28(34)32-21-7-5-6-20(16-21)25-14-15-30-27-24(17-31-33(25)27)29(35)36-4-2/h5-17H,3-4,18H2,1-2H3,(H,32,34). The van der Waals surface area contributed by atoms with E-state index in [1.54, 1.807) is 41.9 Å². The van der Waals surface area contributed by atoms with Gasteiger partial charge in [-0.25, -0.2) is 14.3 Å². The molecular formula is C29H26N4O5. The lowest BCUT2D eigenvalue weighted by Crippen LogP contribution is -2.11. The molecule has 3 aromatic heterocycles. The van der Waals surface area contributed by atoms with Crippen LogP contribution in [0, 0.1) is 0 Å². The molecule has 0 saturated heterocycles. The Hall–Kier alpha value is -4.92. The van der Waals surface area contributed by atoms with Crippen LogP contribution in [0.15, 0.2) is 83.5 Å². The summed E-state index contributed by atoms with van der Waals surface area (Å²) in [5.74, 6) is 0.583. The van der Waals surface area contributed by atoms with Crippen molar-refractivity contribution in [1.29, 1.82) is 0 Å². The highest BCUT2D eigenvalue weighted by Crippen LogP contribution is 2.25. The molecule has 0 aliphatic heterocycles. The van der Waals surface area contributed by atoms with Crippen LogP contribution in [0.25, 0.3) is 16.9 Å². The number of aromatic nitrogens is 3. The van der Waals surface area contributed by atoms with Gasteiger partial charge >= 0.3 is 5.97 Å². The highest BCUT2D eigenvalue weighted by Gasteiger charge is 2.18. The van der Waals surface area contributed by atoms with E-state index in [1.807, 2.05) is 42.5 Å². The summed E-state index contributed by atoms with van der Waals surface area (Å²) in [6.45, 7) is 4.31. The molecule has 0 fully saturated rings. The normalized spacial score (nSPS) is 10.9. The molecule has 9 heteroatoms. The van der Waals surface area contributed by atoms with Crippen LogP contribution in [0.4, 0.5) is 5.69 Å². The van der Waals surface area contributed by atoms with Gasteiger partial charge in [0.05, 0.1) is 18.5 Å². The van der Waals surface area contributed by atoms with Crippen molar-refractivity contribution in [3.8, 4) is 17.0 Å². The molecule has 1 amide bonds. The monoisotopic (exact) mass is 510 g/mol. The van der Waals surface area contributed by atoms with E-state index in [0.717, 1.165) is 17.7 Å². The van der Waals surface area contributed by atoms with Crippen LogP contribution in [0.3, 0.4) is 0 Å². The van der Waals surface area contributed by atoms with E-state index in [4.69, 9.17) is 13.9 Å². The number of anilines is 1. The molecule has 0 aliphatic carbocycles. The number of furan rings is 1. The second kappa shape index (κ2) is 11.0. The molecule has 0 bridgehead atoms. The summed E-state index contributed by atoms with van der Waals surface area (Å²) < 4.78 is 18.1. The lowest BCUT2D eigenvalue weighted by Gasteiger charge is -2.08. The zero-order valence-corrected chi connectivity index (χ0v) is 21.0. The summed E-state index contributed by atoms with van der Waals surface area (Å²) in [5.41, 5.74) is 3.95. The van der Waals surface area contributed by atoms with Gasteiger partial charge in [-0.1, -0.05) is 31.2 Å². The number of esters is 1. The Kier molecular flexibility index (Phi) is 7.17. The Morgan fingerprint density at radius 2 is 1.87 bits per heavy atom. The summed E-state index contributed by atoms with van der Waals surface area (Å²) in [4.78, 5) is 29.4. The first kappa shape index (κ1) is 24.8. The van der Waals surface area contributed by atoms with Crippen molar-refractivity contribution in [2.75, 3.05) is 11.9 Å². The molecule has 0 radical (unpaired) electrons. The number of amides is 1. The minimum atomic E-state index is -0.481. The summed E-state index contributed by atoms with van der Waals surface area (Å²) >= 11 is 0. The molecule has 3 heterocycles. The zero-order chi connectivity index (χ0) is 26.5. The van der Waals surface area contributed by atoms with Gasteiger partial charge in [0.1, 0.15) is 23.7 Å². The van der Waals surface area contributed by atoms with Gasteiger partial charge in [0.2, 0.25) is 0 Å². The van der Waals surface area contributed by atoms with E-state index in [2.05, 4.69) is 22.3 Å². The third-order valence-corrected chi connectivity index (χ3v) is 5.91. The minimum absolute atomic E-state index is 0.174. The molecule has 2 aromatic carbocycles. The minimum Gasteiger partial charge on any atom is -0.486 e. The van der Waals surface area contributed by atoms with Gasteiger partial charge in [0.25, 0.3) is 5.91 Å². The van der Waals surface area contributed by atoms with E-state index < -0.39 is 5.97 Å². The summed E-state index contributed by atoms with van der Waals surface area (Å²) in [5, 5.41) is 7.19. The van der Waals surface area contributed by atoms with Crippen LogP contribution in [0.5, 0.6) is 5.75 Å². The molecule has 5 aromatic rings. The first-order valence-electron chi connectivity index (χ1n) is 12.3. The molecule has 0 unspecified atom stereocenters. The Labute approximate surface area is 219 Å². The summed E-state index contributed by atoms with van der Waals surface area (Å²) in [6.07, 6.45) is 4.01. The number of hydrogen-bond donors (Lipinski definition) is 1. The average molecular weight is 511 g/mol. The molecule has 0 aliphatic rings. The predicted molar refractivity (Wildman–Crippen MR) is 141 cm³/mol. The predicted octanol–water partition coefficient (Wildman–Crippen LogP) is 5.56. The number of ether oxygens (including phenoxy) is 2. The van der Waals surface area contributed by atoms with Crippen LogP contribution >= 0.6 is 0 Å². The summed E-state index contributed by atoms with van der Waals surface area (Å²) in [6, 6.07) is 20.3. The van der Waals surface area contributed by atoms with E-state index in [1.165, 1.54) is 11.8 Å². The van der Waals surface area contributed by atoms with Crippen molar-refractivity contribution in [2.45, 2.75) is 26.9 Å². The van der Waals surface area contributed by atoms with Gasteiger partial charge < -0.3 is 19.2 Å². The van der Waals surface area contributed by atoms with Gasteiger partial charge in [-0.15, -0.1) is 0 Å². The van der Waals surface area contributed by atoms with Crippen molar-refractivity contribution in [1.82, 2.24) is 14.6 Å². The lowest BCUT2D eigenvalue weighted by molar-refractivity contribution is 0.0528. The fourth-order valence-corrected chi connectivity index (χ4v) is 3.97. The lowest BCUT2D eigenvalue weighted by atomic mass is 10.1. The van der Waals surface area contributed by atoms with Crippen LogP contribution in [-0.4, -0.2) is 33.1 Å². The molecule has 5 rings (SSSR count). The number of nitrogens with zero attached hydrogens (tertiary/aromatic N) is 3. The maximum absolute atomic E-state index is 12.8. The average Bonchev–Trinajstić information content (AvgIpc) is 3.60. The first-order valence-corrected chi connectivity index (χ1v) is 12.3. The topological polar surface area (TPSA) is 108 Å². The molecule has 38 heavy (non-hydrogen) atoms. The van der Waals surface area contributed by atoms with Crippen molar-refractivity contribution >= 4 is 23.2 Å². The number of fused-ring (bicyclic) bond motifs is 1. The number of aryl methyl sites for hydroxylation is 1. The maximum Gasteiger partial charge on any atom is 0.343 e. The van der Waals surface area contributed by atoms with Crippen LogP contribution in [0.1, 0.15) is 46.1 Å². The smallest absolute Gasteiger partial charge is 0.343 e. The fraction of sp³-hybridized carbons (Fsp3) is 0.172. The number of benzene rings is 2. The molecule has 9 nitrogen and oxygen atoms in total. The Bertz CT molecular complexity index is 1590. The van der Waals surface area contributed by atoms with E-state index in [-0.39, 0.29) is 30.4 Å². The Morgan fingerprint density at radius 3 is 2.66 bits per heavy atom. The zero-order valence-electron chi connectivity index (χ0n) is 21.0. The van der Waals surface area contributed by atoms with Crippen molar-refractivity contribution in [2.24, 2.45) is 0 Å². The maximum atomic E-state index is 12.8. The van der Waals surface area contributed by atoms with Crippen molar-refractivity contribution in [3.05, 3.63) is 102 Å². The number of carbonyl (C=O) groups excluding carboxylic acids is 2. The third kappa shape index (κ3) is 5.27. The molecule has 1 N–H and O–H groups in total. The molecule has 0 spiro atoms. The van der Waals surface area contributed by atoms with Crippen LogP contribution in [0.2, 0.25) is 0 Å². The van der Waals surface area contributed by atoms with Crippen LogP contribution in [-0.2, 0) is 17.8 Å². The van der Waals surface area contributed by atoms with Gasteiger partial charge in [0, 0.05) is 17.4 Å². The van der Waals surface area contributed by atoms with Gasteiger partial charge in [0.15, 0.2) is 11.4 Å². The van der Waals surface area contributed by atoms with Gasteiger partial charge in [-0.2, -0.15) is 5.10 Å². The highest BCUT2D eigenvalue weighted by atomic mass is 16.5. The second-order valence-electron chi connectivity index (χ2n) is 8.43. The fourth-order valence-electron chi connectivity index (χ4n) is 3.97. The molecular weight excluding hydrogens is 484 g/mol. The second-order valence-corrected chi connectivity index (χ2v) is 8.43. The quantitative estimate of drug-likeness (QED) is 0.259. The molecule has 192 valence electrons. The van der Waals surface area contributed by atoms with E-state index >= 15 is 0 Å². The number of hydrogen-bond acceptors (Lipinski definition) is 7. The summed E-state index contributed by atoms with van der Waals surface area (Å²) in [7, 11) is 0. The molecule has 0 saturated carbocycles. The highest BCUT2D eigenvalue weighted by molar-refractivity contribution is 6.02. The number of carbonyl (C=O) groups is 2. The third-order valence-electron chi connectivity index (χ3n) is 5.91. The number of rotatable bonds is 9. The Balaban J connectivity index is 1.28. The van der Waals surface area contributed by atoms with E-state index in [0.29, 0.717) is 22.8 Å². The number of nitrogens with one attached hydrogen (secondary N) is 1. The molecule has 0 atom stereocenters.